The van der Waals surface area contributed by atoms with E-state index in [0.717, 1.165) is 34.4 Å². The molecule has 5 rings (SSSR count). The second kappa shape index (κ2) is 6.63. The molecular weight excluding hydrogens is 342 g/mol. The van der Waals surface area contributed by atoms with E-state index in [2.05, 4.69) is 84.4 Å². The smallest absolute Gasteiger partial charge is 0.138 e. The van der Waals surface area contributed by atoms with Crippen molar-refractivity contribution < 1.29 is 0 Å². The van der Waals surface area contributed by atoms with Gasteiger partial charge in [0.25, 0.3) is 0 Å². The molecule has 5 aromatic rings. The summed E-state index contributed by atoms with van der Waals surface area (Å²) < 4.78 is 0. The third-order valence-corrected chi connectivity index (χ3v) is 5.41. The molecule has 0 saturated heterocycles. The van der Waals surface area contributed by atoms with Crippen molar-refractivity contribution in [2.24, 2.45) is 5.73 Å². The van der Waals surface area contributed by atoms with Crippen molar-refractivity contribution in [3.05, 3.63) is 91.0 Å². The first-order valence-corrected chi connectivity index (χ1v) is 9.52. The summed E-state index contributed by atoms with van der Waals surface area (Å²) in [6, 6.07) is 25.3. The fourth-order valence-electron chi connectivity index (χ4n) is 3.96. The lowest BCUT2D eigenvalue weighted by Crippen LogP contribution is -2.08. The summed E-state index contributed by atoms with van der Waals surface area (Å²) in [5.41, 5.74) is 10.4. The highest BCUT2D eigenvalue weighted by molar-refractivity contribution is 6.23. The standard InChI is InChI=1S/C25H21N3/c1-2-7-22(26)16-12-14-17(15-13-16)25-27-23-20-10-5-3-8-18(20)19-9-4-6-11-21(19)24(23)28-25/h2-6,8-15,22H,1,7,26H2,(H,27,28). The molecule has 1 heterocycles. The minimum Gasteiger partial charge on any atom is -0.337 e. The third-order valence-electron chi connectivity index (χ3n) is 5.41. The Labute approximate surface area is 163 Å². The van der Waals surface area contributed by atoms with E-state index in [1.165, 1.54) is 21.5 Å². The van der Waals surface area contributed by atoms with Gasteiger partial charge in [-0.1, -0.05) is 78.9 Å². The Balaban J connectivity index is 1.71. The van der Waals surface area contributed by atoms with Gasteiger partial charge in [0.2, 0.25) is 0 Å². The van der Waals surface area contributed by atoms with Crippen molar-refractivity contribution in [3.63, 3.8) is 0 Å². The van der Waals surface area contributed by atoms with Gasteiger partial charge >= 0.3 is 0 Å². The van der Waals surface area contributed by atoms with Crippen molar-refractivity contribution in [1.82, 2.24) is 9.97 Å². The lowest BCUT2D eigenvalue weighted by molar-refractivity contribution is 0.742. The predicted molar refractivity (Wildman–Crippen MR) is 118 cm³/mol. The molecule has 1 atom stereocenters. The maximum absolute atomic E-state index is 6.19. The highest BCUT2D eigenvalue weighted by atomic mass is 14.9. The van der Waals surface area contributed by atoms with Crippen LogP contribution in [0.3, 0.4) is 0 Å². The van der Waals surface area contributed by atoms with Crippen LogP contribution in [-0.2, 0) is 0 Å². The second-order valence-electron chi connectivity index (χ2n) is 7.15. The van der Waals surface area contributed by atoms with Crippen LogP contribution in [0, 0.1) is 0 Å². The minimum atomic E-state index is -0.0184. The zero-order chi connectivity index (χ0) is 19.1. The van der Waals surface area contributed by atoms with Crippen LogP contribution in [-0.4, -0.2) is 9.97 Å². The summed E-state index contributed by atoms with van der Waals surface area (Å²) in [6.07, 6.45) is 2.62. The summed E-state index contributed by atoms with van der Waals surface area (Å²) in [4.78, 5) is 8.53. The molecule has 0 aliphatic heterocycles. The zero-order valence-electron chi connectivity index (χ0n) is 15.5. The fraction of sp³-hybridized carbons (Fsp3) is 0.0800. The predicted octanol–water partition coefficient (Wildman–Crippen LogP) is 6.11. The summed E-state index contributed by atoms with van der Waals surface area (Å²) >= 11 is 0. The van der Waals surface area contributed by atoms with E-state index in [0.29, 0.717) is 0 Å². The Bertz CT molecular complexity index is 1240. The molecule has 0 aliphatic carbocycles. The first-order chi connectivity index (χ1) is 13.8. The molecule has 3 heteroatoms. The van der Waals surface area contributed by atoms with Gasteiger partial charge < -0.3 is 10.7 Å². The molecule has 3 N–H and O–H groups in total. The van der Waals surface area contributed by atoms with Crippen molar-refractivity contribution >= 4 is 32.6 Å². The Hall–Kier alpha value is -3.43. The van der Waals surface area contributed by atoms with Crippen LogP contribution in [0.2, 0.25) is 0 Å². The Morgan fingerprint density at radius 3 is 2.14 bits per heavy atom. The number of nitrogens with two attached hydrogens (primary N) is 1. The van der Waals surface area contributed by atoms with Gasteiger partial charge in [-0.2, -0.15) is 0 Å². The summed E-state index contributed by atoms with van der Waals surface area (Å²) in [6.45, 7) is 3.77. The number of aromatic amines is 1. The molecule has 0 radical (unpaired) electrons. The minimum absolute atomic E-state index is 0.0184. The van der Waals surface area contributed by atoms with E-state index in [9.17, 15) is 0 Å². The summed E-state index contributed by atoms with van der Waals surface area (Å²) in [7, 11) is 0. The number of H-pyrrole nitrogens is 1. The Morgan fingerprint density at radius 1 is 0.857 bits per heavy atom. The van der Waals surface area contributed by atoms with E-state index < -0.39 is 0 Å². The number of benzene rings is 4. The molecule has 28 heavy (non-hydrogen) atoms. The van der Waals surface area contributed by atoms with Crippen LogP contribution in [0.4, 0.5) is 0 Å². The van der Waals surface area contributed by atoms with Crippen LogP contribution in [0.5, 0.6) is 0 Å². The monoisotopic (exact) mass is 363 g/mol. The van der Waals surface area contributed by atoms with Crippen molar-refractivity contribution in [1.29, 1.82) is 0 Å². The molecule has 136 valence electrons. The average molecular weight is 363 g/mol. The first-order valence-electron chi connectivity index (χ1n) is 9.52. The van der Waals surface area contributed by atoms with Crippen LogP contribution in [0.15, 0.2) is 85.5 Å². The lowest BCUT2D eigenvalue weighted by Gasteiger charge is -2.09. The molecule has 0 bridgehead atoms. The number of fused-ring (bicyclic) bond motifs is 6. The van der Waals surface area contributed by atoms with E-state index in [4.69, 9.17) is 10.7 Å². The molecule has 0 amide bonds. The van der Waals surface area contributed by atoms with Crippen LogP contribution < -0.4 is 5.73 Å². The number of aromatic nitrogens is 2. The van der Waals surface area contributed by atoms with Gasteiger partial charge in [0.15, 0.2) is 0 Å². The average Bonchev–Trinajstić information content (AvgIpc) is 3.20. The number of nitrogens with one attached hydrogen (secondary N) is 1. The quantitative estimate of drug-likeness (QED) is 0.299. The zero-order valence-corrected chi connectivity index (χ0v) is 15.5. The summed E-state index contributed by atoms with van der Waals surface area (Å²) in [5, 5.41) is 4.84. The van der Waals surface area contributed by atoms with E-state index in [-0.39, 0.29) is 6.04 Å². The van der Waals surface area contributed by atoms with Gasteiger partial charge in [0.1, 0.15) is 5.82 Å². The first kappa shape index (κ1) is 16.7. The maximum Gasteiger partial charge on any atom is 0.138 e. The van der Waals surface area contributed by atoms with E-state index in [1.807, 2.05) is 6.08 Å². The van der Waals surface area contributed by atoms with Gasteiger partial charge in [-0.05, 0) is 22.8 Å². The van der Waals surface area contributed by atoms with Crippen molar-refractivity contribution in [3.8, 4) is 11.4 Å². The lowest BCUT2D eigenvalue weighted by atomic mass is 10.0. The topological polar surface area (TPSA) is 54.7 Å². The number of hydrogen-bond acceptors (Lipinski definition) is 2. The van der Waals surface area contributed by atoms with Gasteiger partial charge in [-0.25, -0.2) is 4.98 Å². The van der Waals surface area contributed by atoms with Gasteiger partial charge in [0.05, 0.1) is 11.0 Å². The van der Waals surface area contributed by atoms with Crippen molar-refractivity contribution in [2.75, 3.05) is 0 Å². The third kappa shape index (κ3) is 2.60. The summed E-state index contributed by atoms with van der Waals surface area (Å²) in [5.74, 6) is 0.875. The maximum atomic E-state index is 6.19. The van der Waals surface area contributed by atoms with E-state index >= 15 is 0 Å². The SMILES string of the molecule is C=CCC(N)c1ccc(-c2nc3c4ccccc4c4ccccc4c3[nH]2)cc1. The fourth-order valence-corrected chi connectivity index (χ4v) is 3.96. The van der Waals surface area contributed by atoms with Gasteiger partial charge in [-0.3, -0.25) is 0 Å². The second-order valence-corrected chi connectivity index (χ2v) is 7.15. The highest BCUT2D eigenvalue weighted by Gasteiger charge is 2.13. The molecule has 4 aromatic carbocycles. The van der Waals surface area contributed by atoms with E-state index in [1.54, 1.807) is 0 Å². The van der Waals surface area contributed by atoms with Crippen molar-refractivity contribution in [2.45, 2.75) is 12.5 Å². The molecular formula is C25H21N3. The molecule has 1 unspecified atom stereocenters. The number of rotatable bonds is 4. The molecule has 0 fully saturated rings. The molecule has 3 nitrogen and oxygen atoms in total. The van der Waals surface area contributed by atoms with Gasteiger partial charge in [-0.15, -0.1) is 6.58 Å². The number of hydrogen-bond donors (Lipinski definition) is 2. The van der Waals surface area contributed by atoms with Crippen LogP contribution in [0.25, 0.3) is 44.0 Å². The molecule has 0 saturated carbocycles. The van der Waals surface area contributed by atoms with Crippen LogP contribution in [0.1, 0.15) is 18.0 Å². The normalized spacial score (nSPS) is 12.6. The molecule has 0 spiro atoms. The number of nitrogens with zero attached hydrogens (tertiary/aromatic N) is 1. The number of imidazole rings is 1. The molecule has 1 aromatic heterocycles. The largest absolute Gasteiger partial charge is 0.337 e. The van der Waals surface area contributed by atoms with Gasteiger partial charge in [0, 0.05) is 22.4 Å². The molecule has 0 aliphatic rings. The Kier molecular flexibility index (Phi) is 3.96. The van der Waals surface area contributed by atoms with Crippen LogP contribution >= 0.6 is 0 Å². The Morgan fingerprint density at radius 2 is 1.46 bits per heavy atom. The highest BCUT2D eigenvalue weighted by Crippen LogP contribution is 2.35.